The number of hydrogen-bond donors (Lipinski definition) is 1. The van der Waals surface area contributed by atoms with Gasteiger partial charge in [0, 0.05) is 17.5 Å². The molecule has 0 unspecified atom stereocenters. The molecule has 3 heterocycles. The number of benzene rings is 2. The van der Waals surface area contributed by atoms with Crippen LogP contribution in [0.4, 0.5) is 5.82 Å². The van der Waals surface area contributed by atoms with Gasteiger partial charge in [0.15, 0.2) is 17.2 Å². The predicted octanol–water partition coefficient (Wildman–Crippen LogP) is 4.34. The largest absolute Gasteiger partial charge is 0.480 e. The first-order chi connectivity index (χ1) is 13.6. The third-order valence-electron chi connectivity index (χ3n) is 5.30. The highest BCUT2D eigenvalue weighted by Crippen LogP contribution is 2.38. The number of fused-ring (bicyclic) bond motifs is 3. The van der Waals surface area contributed by atoms with Crippen molar-refractivity contribution in [2.75, 3.05) is 11.4 Å². The molecule has 2 atom stereocenters. The summed E-state index contributed by atoms with van der Waals surface area (Å²) in [5.74, 6) is 0.541. The van der Waals surface area contributed by atoms with E-state index in [1.165, 1.54) is 0 Å². The van der Waals surface area contributed by atoms with Gasteiger partial charge in [0.05, 0.1) is 0 Å². The molecule has 2 aromatic carbocycles. The van der Waals surface area contributed by atoms with E-state index in [9.17, 15) is 9.90 Å². The smallest absolute Gasteiger partial charge is 0.326 e. The molecule has 0 bridgehead atoms. The van der Waals surface area contributed by atoms with Crippen LogP contribution in [0.1, 0.15) is 13.3 Å². The van der Waals surface area contributed by atoms with Gasteiger partial charge in [-0.2, -0.15) is 0 Å². The van der Waals surface area contributed by atoms with E-state index >= 15 is 0 Å². The highest BCUT2D eigenvalue weighted by Gasteiger charge is 2.37. The molecule has 1 aliphatic rings. The maximum Gasteiger partial charge on any atom is 0.326 e. The van der Waals surface area contributed by atoms with Crippen molar-refractivity contribution < 1.29 is 14.3 Å². The van der Waals surface area contributed by atoms with Crippen LogP contribution < -0.4 is 4.90 Å². The van der Waals surface area contributed by atoms with Gasteiger partial charge in [0.1, 0.15) is 17.1 Å². The number of hydrogen-bond acceptors (Lipinski definition) is 5. The molecule has 0 aliphatic carbocycles. The molecule has 140 valence electrons. The highest BCUT2D eigenvalue weighted by atomic mass is 16.4. The van der Waals surface area contributed by atoms with Crippen molar-refractivity contribution in [3.05, 3.63) is 54.6 Å². The Hall–Kier alpha value is -3.41. The van der Waals surface area contributed by atoms with Gasteiger partial charge in [0.25, 0.3) is 0 Å². The molecule has 0 saturated carbocycles. The van der Waals surface area contributed by atoms with Gasteiger partial charge in [-0.05, 0) is 24.5 Å². The second kappa shape index (κ2) is 6.34. The van der Waals surface area contributed by atoms with E-state index in [0.29, 0.717) is 35.7 Å². The van der Waals surface area contributed by atoms with E-state index in [2.05, 4.69) is 6.92 Å². The first kappa shape index (κ1) is 16.7. The van der Waals surface area contributed by atoms with Crippen molar-refractivity contribution in [2.24, 2.45) is 5.92 Å². The van der Waals surface area contributed by atoms with Crippen LogP contribution in [0.3, 0.4) is 0 Å². The zero-order valence-corrected chi connectivity index (χ0v) is 15.4. The predicted molar refractivity (Wildman–Crippen MR) is 107 cm³/mol. The number of furan rings is 1. The van der Waals surface area contributed by atoms with Crippen molar-refractivity contribution in [2.45, 2.75) is 19.4 Å². The van der Waals surface area contributed by atoms with Crippen LogP contribution in [-0.2, 0) is 4.79 Å². The summed E-state index contributed by atoms with van der Waals surface area (Å²) in [5, 5.41) is 10.6. The fourth-order valence-corrected chi connectivity index (χ4v) is 4.00. The number of anilines is 1. The fraction of sp³-hybridized carbons (Fsp3) is 0.227. The molecule has 1 fully saturated rings. The molecule has 0 radical (unpaired) electrons. The lowest BCUT2D eigenvalue weighted by atomic mass is 10.1. The van der Waals surface area contributed by atoms with Gasteiger partial charge >= 0.3 is 5.97 Å². The molecular weight excluding hydrogens is 354 g/mol. The number of para-hydroxylation sites is 1. The van der Waals surface area contributed by atoms with E-state index < -0.39 is 12.0 Å². The van der Waals surface area contributed by atoms with Gasteiger partial charge in [-0.15, -0.1) is 0 Å². The van der Waals surface area contributed by atoms with Gasteiger partial charge in [0.2, 0.25) is 0 Å². The minimum atomic E-state index is -0.839. The Morgan fingerprint density at radius 2 is 1.86 bits per heavy atom. The average Bonchev–Trinajstić information content (AvgIpc) is 3.28. The summed E-state index contributed by atoms with van der Waals surface area (Å²) >= 11 is 0. The average molecular weight is 373 g/mol. The van der Waals surface area contributed by atoms with E-state index in [1.54, 1.807) is 0 Å². The normalized spacial score (nSPS) is 19.5. The standard InChI is InChI=1S/C22H19N3O3/c1-13-11-16(22(26)27)25(12-13)21-19-18(15-9-5-6-10-17(15)28-19)23-20(24-21)14-7-3-2-4-8-14/h2-10,13,16H,11-12H2,1H3,(H,26,27)/t13-,16-/m0/s1. The van der Waals surface area contributed by atoms with E-state index in [-0.39, 0.29) is 5.92 Å². The molecule has 1 N–H and O–H groups in total. The Morgan fingerprint density at radius 3 is 2.64 bits per heavy atom. The first-order valence-corrected chi connectivity index (χ1v) is 9.36. The van der Waals surface area contributed by atoms with Crippen LogP contribution in [0.15, 0.2) is 59.0 Å². The van der Waals surface area contributed by atoms with Gasteiger partial charge in [-0.25, -0.2) is 14.8 Å². The third-order valence-corrected chi connectivity index (χ3v) is 5.30. The Labute approximate surface area is 161 Å². The van der Waals surface area contributed by atoms with Crippen molar-refractivity contribution in [1.29, 1.82) is 0 Å². The van der Waals surface area contributed by atoms with E-state index in [1.807, 2.05) is 59.5 Å². The van der Waals surface area contributed by atoms with Crippen molar-refractivity contribution in [1.82, 2.24) is 9.97 Å². The molecule has 0 spiro atoms. The lowest BCUT2D eigenvalue weighted by molar-refractivity contribution is -0.138. The second-order valence-corrected chi connectivity index (χ2v) is 7.36. The van der Waals surface area contributed by atoms with Crippen LogP contribution in [0.5, 0.6) is 0 Å². The zero-order chi connectivity index (χ0) is 19.3. The lowest BCUT2D eigenvalue weighted by Gasteiger charge is -2.23. The van der Waals surface area contributed by atoms with E-state index in [4.69, 9.17) is 14.4 Å². The molecule has 1 aliphatic heterocycles. The molecule has 6 heteroatoms. The zero-order valence-electron chi connectivity index (χ0n) is 15.4. The molecule has 4 aromatic rings. The number of carboxylic acids is 1. The molecule has 5 rings (SSSR count). The van der Waals surface area contributed by atoms with Crippen LogP contribution >= 0.6 is 0 Å². The minimum Gasteiger partial charge on any atom is -0.480 e. The molecule has 28 heavy (non-hydrogen) atoms. The maximum absolute atomic E-state index is 11.9. The third kappa shape index (κ3) is 2.60. The summed E-state index contributed by atoms with van der Waals surface area (Å²) in [5.41, 5.74) is 2.86. The van der Waals surface area contributed by atoms with Crippen molar-refractivity contribution in [3.63, 3.8) is 0 Å². The summed E-state index contributed by atoms with van der Waals surface area (Å²) in [6.07, 6.45) is 0.585. The number of carbonyl (C=O) groups is 1. The fourth-order valence-electron chi connectivity index (χ4n) is 4.00. The van der Waals surface area contributed by atoms with Gasteiger partial charge in [-0.3, -0.25) is 0 Å². The second-order valence-electron chi connectivity index (χ2n) is 7.36. The molecule has 0 amide bonds. The summed E-state index contributed by atoms with van der Waals surface area (Å²) in [4.78, 5) is 23.3. The Morgan fingerprint density at radius 1 is 1.11 bits per heavy atom. The molecule has 1 saturated heterocycles. The molecule has 2 aromatic heterocycles. The maximum atomic E-state index is 11.9. The molecular formula is C22H19N3O3. The van der Waals surface area contributed by atoms with Crippen molar-refractivity contribution >= 4 is 33.9 Å². The highest BCUT2D eigenvalue weighted by molar-refractivity contribution is 6.06. The van der Waals surface area contributed by atoms with Crippen LogP contribution in [-0.4, -0.2) is 33.6 Å². The summed E-state index contributed by atoms with van der Waals surface area (Å²) < 4.78 is 6.09. The topological polar surface area (TPSA) is 79.5 Å². The van der Waals surface area contributed by atoms with Gasteiger partial charge in [-0.1, -0.05) is 49.4 Å². The number of carboxylic acid groups (broad SMARTS) is 1. The number of rotatable bonds is 3. The van der Waals surface area contributed by atoms with Crippen LogP contribution in [0.25, 0.3) is 33.5 Å². The monoisotopic (exact) mass is 373 g/mol. The number of aromatic nitrogens is 2. The Balaban J connectivity index is 1.80. The SMILES string of the molecule is C[C@H]1C[C@@H](C(=O)O)N(c2nc(-c3ccccc3)nc3c2oc2ccccc23)C1. The summed E-state index contributed by atoms with van der Waals surface area (Å²) in [6, 6.07) is 16.8. The summed E-state index contributed by atoms with van der Waals surface area (Å²) in [7, 11) is 0. The number of nitrogens with zero attached hydrogens (tertiary/aromatic N) is 3. The minimum absolute atomic E-state index is 0.260. The lowest BCUT2D eigenvalue weighted by Crippen LogP contribution is -2.36. The van der Waals surface area contributed by atoms with E-state index in [0.717, 1.165) is 16.5 Å². The van der Waals surface area contributed by atoms with Crippen LogP contribution in [0, 0.1) is 5.92 Å². The quantitative estimate of drug-likeness (QED) is 0.575. The van der Waals surface area contributed by atoms with Gasteiger partial charge < -0.3 is 14.4 Å². The first-order valence-electron chi connectivity index (χ1n) is 9.36. The van der Waals surface area contributed by atoms with Crippen LogP contribution in [0.2, 0.25) is 0 Å². The summed E-state index contributed by atoms with van der Waals surface area (Å²) in [6.45, 7) is 2.68. The molecule has 6 nitrogen and oxygen atoms in total. The Kier molecular flexibility index (Phi) is 3.79. The Bertz CT molecular complexity index is 1190. The van der Waals surface area contributed by atoms with Crippen molar-refractivity contribution in [3.8, 4) is 11.4 Å². The number of aliphatic carboxylic acids is 1.